The number of nitrogens with zero attached hydrogens (tertiary/aromatic N) is 2. The summed E-state index contributed by atoms with van der Waals surface area (Å²) in [6.45, 7) is 4.36. The molecule has 1 heterocycles. The molecule has 2 aromatic carbocycles. The number of fused-ring (bicyclic) bond motifs is 2. The molecule has 3 rings (SSSR count). The molecule has 0 aliphatic rings. The molecule has 2 nitrogen and oxygen atoms in total. The van der Waals surface area contributed by atoms with Crippen LogP contribution in [0.5, 0.6) is 0 Å². The summed E-state index contributed by atoms with van der Waals surface area (Å²) < 4.78 is 2.12. The van der Waals surface area contributed by atoms with Crippen LogP contribution in [0.15, 0.2) is 36.7 Å². The Hall–Kier alpha value is -1.96. The first kappa shape index (κ1) is 11.1. The second kappa shape index (κ2) is 4.05. The van der Waals surface area contributed by atoms with Gasteiger partial charge in [0, 0.05) is 12.0 Å². The third-order valence-corrected chi connectivity index (χ3v) is 3.71. The van der Waals surface area contributed by atoms with Gasteiger partial charge in [-0.25, -0.2) is 4.57 Å². The topological polar surface area (TPSA) is 16.8 Å². The Labute approximate surface area is 107 Å². The molecule has 90 valence electrons. The van der Waals surface area contributed by atoms with Crippen molar-refractivity contribution in [3.05, 3.63) is 47.9 Å². The normalized spacial score (nSPS) is 11.3. The quantitative estimate of drug-likeness (QED) is 0.469. The summed E-state index contributed by atoms with van der Waals surface area (Å²) in [5.41, 5.74) is 3.75. The van der Waals surface area contributed by atoms with Crippen molar-refractivity contribution >= 4 is 21.7 Å². The Morgan fingerprint density at radius 2 is 1.94 bits per heavy atom. The smallest absolute Gasteiger partial charge is 0.236 e. The van der Waals surface area contributed by atoms with Crippen LogP contribution in [0, 0.1) is 6.92 Å². The van der Waals surface area contributed by atoms with Crippen LogP contribution < -0.4 is 4.57 Å². The number of rotatable bonds is 1. The lowest BCUT2D eigenvalue weighted by Crippen LogP contribution is -2.33. The molecule has 0 N–H and O–H groups in total. The van der Waals surface area contributed by atoms with Crippen LogP contribution >= 0.6 is 0 Å². The lowest BCUT2D eigenvalue weighted by atomic mass is 10.00. The van der Waals surface area contributed by atoms with E-state index in [-0.39, 0.29) is 0 Å². The van der Waals surface area contributed by atoms with Gasteiger partial charge in [-0.05, 0) is 28.7 Å². The summed E-state index contributed by atoms with van der Waals surface area (Å²) >= 11 is 0. The van der Waals surface area contributed by atoms with Gasteiger partial charge >= 0.3 is 0 Å². The molecule has 2 heteroatoms. The average molecular weight is 237 g/mol. The van der Waals surface area contributed by atoms with Crippen molar-refractivity contribution in [3.63, 3.8) is 0 Å². The number of aromatic nitrogens is 2. The maximum absolute atomic E-state index is 4.60. The molecular weight excluding hydrogens is 220 g/mol. The van der Waals surface area contributed by atoms with Crippen LogP contribution in [0.4, 0.5) is 0 Å². The number of benzene rings is 2. The van der Waals surface area contributed by atoms with Gasteiger partial charge in [-0.2, -0.15) is 0 Å². The highest BCUT2D eigenvalue weighted by Gasteiger charge is 2.15. The Bertz CT molecular complexity index is 745. The molecule has 0 amide bonds. The summed E-state index contributed by atoms with van der Waals surface area (Å²) in [6.07, 6.45) is 2.94. The average Bonchev–Trinajstić information content (AvgIpc) is 2.39. The summed E-state index contributed by atoms with van der Waals surface area (Å²) in [5, 5.41) is 3.87. The maximum atomic E-state index is 4.60. The van der Waals surface area contributed by atoms with Crippen LogP contribution in [0.1, 0.15) is 18.2 Å². The zero-order valence-corrected chi connectivity index (χ0v) is 11.1. The summed E-state index contributed by atoms with van der Waals surface area (Å²) in [4.78, 5) is 4.60. The Morgan fingerprint density at radius 3 is 2.72 bits per heavy atom. The minimum Gasteiger partial charge on any atom is -0.236 e. The van der Waals surface area contributed by atoms with E-state index in [1.807, 2.05) is 6.33 Å². The number of hydrogen-bond donors (Lipinski definition) is 0. The van der Waals surface area contributed by atoms with E-state index in [2.05, 4.69) is 60.8 Å². The molecule has 0 aliphatic carbocycles. The standard InChI is InChI=1S/C16H17N2/c1-4-15-14-9-12-7-5-6-8-13(12)11(2)16(14)17-10-18(15)3/h5-10H,4H2,1-3H3/q+1. The van der Waals surface area contributed by atoms with Crippen molar-refractivity contribution in [3.8, 4) is 0 Å². The largest absolute Gasteiger partial charge is 0.286 e. The summed E-state index contributed by atoms with van der Waals surface area (Å²) in [6, 6.07) is 10.8. The predicted octanol–water partition coefficient (Wildman–Crippen LogP) is 3.08. The van der Waals surface area contributed by atoms with E-state index in [1.165, 1.54) is 27.4 Å². The molecular formula is C16H17N2+. The molecule has 0 aliphatic heterocycles. The molecule has 1 aromatic heterocycles. The third kappa shape index (κ3) is 1.49. The van der Waals surface area contributed by atoms with Gasteiger partial charge in [0.2, 0.25) is 0 Å². The molecule has 0 saturated carbocycles. The van der Waals surface area contributed by atoms with Gasteiger partial charge in [0.05, 0.1) is 12.4 Å². The van der Waals surface area contributed by atoms with E-state index in [9.17, 15) is 0 Å². The molecule has 0 bridgehead atoms. The van der Waals surface area contributed by atoms with E-state index in [0.717, 1.165) is 11.9 Å². The highest BCUT2D eigenvalue weighted by atomic mass is 15.0. The SMILES string of the molecule is CCc1c2cc3ccccc3c(C)c2nc[n+]1C. The van der Waals surface area contributed by atoms with Gasteiger partial charge in [-0.3, -0.25) is 0 Å². The van der Waals surface area contributed by atoms with Gasteiger partial charge in [-0.1, -0.05) is 31.2 Å². The van der Waals surface area contributed by atoms with Gasteiger partial charge in [0.1, 0.15) is 5.69 Å². The van der Waals surface area contributed by atoms with Crippen LogP contribution in [0.3, 0.4) is 0 Å². The fourth-order valence-corrected chi connectivity index (χ4v) is 2.75. The van der Waals surface area contributed by atoms with Crippen molar-refractivity contribution in [2.75, 3.05) is 0 Å². The first-order chi connectivity index (χ1) is 8.72. The molecule has 0 radical (unpaired) electrons. The van der Waals surface area contributed by atoms with Crippen LogP contribution in [0.2, 0.25) is 0 Å². The molecule has 0 spiro atoms. The minimum atomic E-state index is 1.02. The lowest BCUT2D eigenvalue weighted by Gasteiger charge is -2.07. The van der Waals surface area contributed by atoms with Crippen molar-refractivity contribution in [2.45, 2.75) is 20.3 Å². The fraction of sp³-hybridized carbons (Fsp3) is 0.250. The van der Waals surface area contributed by atoms with E-state index in [0.29, 0.717) is 0 Å². The number of hydrogen-bond acceptors (Lipinski definition) is 1. The van der Waals surface area contributed by atoms with Crippen molar-refractivity contribution in [1.82, 2.24) is 4.98 Å². The van der Waals surface area contributed by atoms with Gasteiger partial charge in [0.15, 0.2) is 5.52 Å². The van der Waals surface area contributed by atoms with Gasteiger partial charge < -0.3 is 0 Å². The van der Waals surface area contributed by atoms with E-state index in [1.54, 1.807) is 0 Å². The van der Waals surface area contributed by atoms with Crippen LogP contribution in [0.25, 0.3) is 21.7 Å². The van der Waals surface area contributed by atoms with E-state index < -0.39 is 0 Å². The molecule has 0 saturated heterocycles. The van der Waals surface area contributed by atoms with E-state index in [4.69, 9.17) is 0 Å². The highest BCUT2D eigenvalue weighted by molar-refractivity contribution is 6.00. The van der Waals surface area contributed by atoms with Crippen LogP contribution in [-0.2, 0) is 13.5 Å². The fourth-order valence-electron chi connectivity index (χ4n) is 2.75. The minimum absolute atomic E-state index is 1.02. The van der Waals surface area contributed by atoms with Gasteiger partial charge in [-0.15, -0.1) is 0 Å². The Balaban J connectivity index is 2.55. The third-order valence-electron chi connectivity index (χ3n) is 3.71. The highest BCUT2D eigenvalue weighted by Crippen LogP contribution is 2.27. The van der Waals surface area contributed by atoms with Gasteiger partial charge in [0.25, 0.3) is 6.33 Å². The van der Waals surface area contributed by atoms with Crippen LogP contribution in [-0.4, -0.2) is 4.98 Å². The maximum Gasteiger partial charge on any atom is 0.286 e. The monoisotopic (exact) mass is 237 g/mol. The first-order valence-corrected chi connectivity index (χ1v) is 6.38. The first-order valence-electron chi connectivity index (χ1n) is 6.38. The molecule has 0 atom stereocenters. The zero-order valence-electron chi connectivity index (χ0n) is 11.1. The van der Waals surface area contributed by atoms with Crippen molar-refractivity contribution < 1.29 is 4.57 Å². The predicted molar refractivity (Wildman–Crippen MR) is 74.5 cm³/mol. The summed E-state index contributed by atoms with van der Waals surface area (Å²) in [5.74, 6) is 0. The van der Waals surface area contributed by atoms with Crippen molar-refractivity contribution in [1.29, 1.82) is 0 Å². The summed E-state index contributed by atoms with van der Waals surface area (Å²) in [7, 11) is 2.07. The van der Waals surface area contributed by atoms with E-state index >= 15 is 0 Å². The molecule has 0 unspecified atom stereocenters. The molecule has 18 heavy (non-hydrogen) atoms. The molecule has 0 fully saturated rings. The lowest BCUT2D eigenvalue weighted by molar-refractivity contribution is -0.680. The second-order valence-corrected chi connectivity index (χ2v) is 4.77. The Kier molecular flexibility index (Phi) is 2.51. The Morgan fingerprint density at radius 1 is 1.17 bits per heavy atom. The number of aryl methyl sites for hydroxylation is 3. The second-order valence-electron chi connectivity index (χ2n) is 4.77. The van der Waals surface area contributed by atoms with Crippen molar-refractivity contribution in [2.24, 2.45) is 7.05 Å². The molecule has 3 aromatic rings. The zero-order chi connectivity index (χ0) is 12.7.